The Kier molecular flexibility index (Phi) is 7.86. The van der Waals surface area contributed by atoms with Crippen molar-refractivity contribution in [2.75, 3.05) is 6.61 Å². The first-order valence-electron chi connectivity index (χ1n) is 12.3. The van der Waals surface area contributed by atoms with Crippen molar-refractivity contribution < 1.29 is 60.3 Å². The first-order chi connectivity index (χ1) is 16.5. The van der Waals surface area contributed by atoms with E-state index in [0.717, 1.165) is 22.0 Å². The van der Waals surface area contributed by atoms with E-state index in [0.29, 0.717) is 12.0 Å². The van der Waals surface area contributed by atoms with Gasteiger partial charge in [0, 0.05) is 20.3 Å². The molecule has 1 aromatic rings. The summed E-state index contributed by atoms with van der Waals surface area (Å²) in [6, 6.07) is 6.93. The van der Waals surface area contributed by atoms with Gasteiger partial charge in [0.05, 0.1) is 11.7 Å². The Morgan fingerprint density at radius 2 is 2.00 bits per heavy atom. The number of ether oxygens (including phenoxy) is 1. The molecule has 0 aromatic heterocycles. The largest absolute Gasteiger partial charge is 1.00 e. The molecule has 7 atom stereocenters. The minimum Gasteiger partial charge on any atom is -1.00 e. The Morgan fingerprint density at radius 3 is 2.72 bits per heavy atom. The molecule has 36 heavy (non-hydrogen) atoms. The van der Waals surface area contributed by atoms with Crippen LogP contribution in [0.2, 0.25) is 0 Å². The maximum Gasteiger partial charge on any atom is 1.00 e. The summed E-state index contributed by atoms with van der Waals surface area (Å²) >= 11 is 2.10. The second kappa shape index (κ2) is 10.0. The molecule has 0 unspecified atom stereocenters. The second-order valence-corrected chi connectivity index (χ2v) is 12.4. The molecule has 3 saturated carbocycles. The van der Waals surface area contributed by atoms with Crippen LogP contribution in [0.25, 0.3) is 0 Å². The smallest absolute Gasteiger partial charge is 1.00 e. The summed E-state index contributed by atoms with van der Waals surface area (Å²) in [5, 5.41) is 23.2. The van der Waals surface area contributed by atoms with Crippen molar-refractivity contribution in [1.29, 1.82) is 0 Å². The van der Waals surface area contributed by atoms with E-state index in [-0.39, 0.29) is 67.4 Å². The fraction of sp³-hybridized carbons (Fsp3) is 0.536. The van der Waals surface area contributed by atoms with Gasteiger partial charge in [-0.05, 0) is 96.9 Å². The Morgan fingerprint density at radius 1 is 1.25 bits per heavy atom. The van der Waals surface area contributed by atoms with Crippen molar-refractivity contribution in [3.63, 3.8) is 0 Å². The van der Waals surface area contributed by atoms with Crippen LogP contribution in [-0.4, -0.2) is 46.1 Å². The number of fused-ring (bicyclic) bond motifs is 5. The molecule has 6 nitrogen and oxygen atoms in total. The number of allylic oxidation sites excluding steroid dienone is 4. The van der Waals surface area contributed by atoms with Gasteiger partial charge in [-0.25, -0.2) is 4.79 Å². The summed E-state index contributed by atoms with van der Waals surface area (Å²) in [6.07, 6.45) is 7.38. The van der Waals surface area contributed by atoms with Crippen molar-refractivity contribution in [2.24, 2.45) is 28.6 Å². The molecule has 1 aromatic carbocycles. The van der Waals surface area contributed by atoms with Crippen LogP contribution in [0.15, 0.2) is 48.1 Å². The minimum absolute atomic E-state index is 0. The Labute approximate surface area is 248 Å². The van der Waals surface area contributed by atoms with Crippen LogP contribution in [0.1, 0.15) is 57.7 Å². The third-order valence-corrected chi connectivity index (χ3v) is 10.2. The Bertz CT molecular complexity index is 1170. The Balaban J connectivity index is 0.00000190. The monoisotopic (exact) mass is 614 g/mol. The molecule has 0 saturated heterocycles. The van der Waals surface area contributed by atoms with Gasteiger partial charge in [-0.2, -0.15) is 0 Å². The van der Waals surface area contributed by atoms with Gasteiger partial charge in [-0.1, -0.05) is 31.6 Å². The summed E-state index contributed by atoms with van der Waals surface area (Å²) in [6.45, 7) is 3.51. The van der Waals surface area contributed by atoms with Crippen LogP contribution in [0.4, 0.5) is 0 Å². The van der Waals surface area contributed by atoms with E-state index in [4.69, 9.17) is 4.74 Å². The van der Waals surface area contributed by atoms with E-state index in [9.17, 15) is 24.6 Å². The van der Waals surface area contributed by atoms with Crippen molar-refractivity contribution in [2.45, 2.75) is 57.7 Å². The molecule has 188 valence electrons. The molecule has 8 heteroatoms. The predicted molar refractivity (Wildman–Crippen MR) is 139 cm³/mol. The summed E-state index contributed by atoms with van der Waals surface area (Å²) in [5.74, 6) is -0.993. The molecule has 4 aliphatic carbocycles. The summed E-state index contributed by atoms with van der Waals surface area (Å²) in [5.41, 5.74) is -1.44. The number of aliphatic hydroxyl groups is 2. The molecule has 0 bridgehead atoms. The van der Waals surface area contributed by atoms with Crippen LogP contribution in [-0.2, 0) is 14.3 Å². The van der Waals surface area contributed by atoms with Gasteiger partial charge in [-0.15, -0.1) is 0 Å². The van der Waals surface area contributed by atoms with Crippen LogP contribution in [0.3, 0.4) is 0 Å². The van der Waals surface area contributed by atoms with E-state index in [1.165, 1.54) is 0 Å². The first-order valence-corrected chi connectivity index (χ1v) is 13.4. The number of halogens is 1. The zero-order chi connectivity index (χ0) is 25.2. The number of Topliss-reactive ketones (excluding diaryl/α,β-unsaturated/α-hetero) is 1. The number of rotatable bonds is 4. The summed E-state index contributed by atoms with van der Waals surface area (Å²) < 4.78 is 6.20. The Hall–Kier alpha value is -0.840. The number of carbonyl (C=O) groups is 3. The molecule has 5 rings (SSSR count). The van der Waals surface area contributed by atoms with Crippen molar-refractivity contribution in [3.8, 4) is 0 Å². The summed E-state index contributed by atoms with van der Waals surface area (Å²) in [4.78, 5) is 37.8. The summed E-state index contributed by atoms with van der Waals surface area (Å²) in [7, 11) is 0. The van der Waals surface area contributed by atoms with E-state index in [1.54, 1.807) is 30.4 Å². The quantitative estimate of drug-likeness (QED) is 0.300. The fourth-order valence-corrected chi connectivity index (χ4v) is 8.28. The van der Waals surface area contributed by atoms with Crippen molar-refractivity contribution in [1.82, 2.24) is 0 Å². The number of benzene rings is 1. The van der Waals surface area contributed by atoms with E-state index >= 15 is 0 Å². The second-order valence-electron chi connectivity index (χ2n) is 11.1. The standard InChI is InChI=1S/C28H31IO6.Na.H/c1-26-10-8-19(30)13-17(26)6-7-20-21-9-11-28(34,27(21,2)14-22(31)24(20)26)23(32)15-35-25(33)16-4-3-5-18(29)12-16;;/h3-5,8,10,12-13,20-22,24,31,34H,6-7,9,11,14-15H2,1-2H3;;/q;+1;-1/t20-,21-,22-,24+,26-,27-,28-;;/m0../s1. The molecule has 0 amide bonds. The number of hydrogen-bond donors (Lipinski definition) is 2. The normalized spacial score (nSPS) is 38.7. The van der Waals surface area contributed by atoms with E-state index in [1.807, 2.05) is 19.1 Å². The van der Waals surface area contributed by atoms with Gasteiger partial charge in [0.15, 0.2) is 12.4 Å². The zero-order valence-corrected chi connectivity index (χ0v) is 25.2. The molecule has 0 heterocycles. The van der Waals surface area contributed by atoms with Crippen LogP contribution < -0.4 is 29.6 Å². The van der Waals surface area contributed by atoms with Gasteiger partial charge in [0.1, 0.15) is 5.60 Å². The molecule has 0 aliphatic heterocycles. The van der Waals surface area contributed by atoms with Crippen LogP contribution >= 0.6 is 22.6 Å². The number of carbonyl (C=O) groups excluding carboxylic acids is 3. The maximum atomic E-state index is 13.4. The SMILES string of the molecule is C[C@]12C=CC(=O)C=C1CC[C@@H]1[C@@H]2[C@@H](O)C[C@@]2(C)[C@H]1CC[C@]2(O)C(=O)COC(=O)c1cccc(I)c1.[H-].[Na+]. The number of esters is 1. The number of ketones is 2. The molecule has 3 fully saturated rings. The third-order valence-electron chi connectivity index (χ3n) is 9.50. The van der Waals surface area contributed by atoms with Crippen LogP contribution in [0, 0.1) is 32.2 Å². The van der Waals surface area contributed by atoms with Gasteiger partial charge < -0.3 is 16.4 Å². The van der Waals surface area contributed by atoms with Gasteiger partial charge >= 0.3 is 35.5 Å². The van der Waals surface area contributed by atoms with E-state index in [2.05, 4.69) is 29.5 Å². The average molecular weight is 614 g/mol. The number of aliphatic hydroxyl groups excluding tert-OH is 1. The van der Waals surface area contributed by atoms with Crippen molar-refractivity contribution >= 4 is 40.1 Å². The average Bonchev–Trinajstić information content (AvgIpc) is 3.08. The van der Waals surface area contributed by atoms with Crippen molar-refractivity contribution in [3.05, 3.63) is 57.2 Å². The minimum atomic E-state index is -1.66. The van der Waals surface area contributed by atoms with Gasteiger partial charge in [0.2, 0.25) is 5.78 Å². The van der Waals surface area contributed by atoms with Gasteiger partial charge in [0.25, 0.3) is 0 Å². The zero-order valence-electron chi connectivity index (χ0n) is 22.0. The van der Waals surface area contributed by atoms with Gasteiger partial charge in [-0.3, -0.25) is 9.59 Å². The van der Waals surface area contributed by atoms with E-state index < -0.39 is 40.9 Å². The molecular weight excluding hydrogens is 582 g/mol. The predicted octanol–water partition coefficient (Wildman–Crippen LogP) is 1.14. The molecule has 0 spiro atoms. The topological polar surface area (TPSA) is 101 Å². The molecule has 4 aliphatic rings. The molecule has 2 N–H and O–H groups in total. The molecular formula is C28H32INaO6. The third kappa shape index (κ3) is 4.31. The fourth-order valence-electron chi connectivity index (χ4n) is 7.74. The maximum absolute atomic E-state index is 13.4. The van der Waals surface area contributed by atoms with Crippen LogP contribution in [0.5, 0.6) is 0 Å². The first kappa shape index (κ1) is 28.2. The number of hydrogen-bond acceptors (Lipinski definition) is 6. The molecule has 0 radical (unpaired) electrons.